The van der Waals surface area contributed by atoms with E-state index in [0.717, 1.165) is 0 Å². The Bertz CT molecular complexity index is 1160. The molecule has 2 heterocycles. The number of rotatable bonds is 5. The highest BCUT2D eigenvalue weighted by atomic mass is 32.1. The lowest BCUT2D eigenvalue weighted by atomic mass is 10.0. The first-order chi connectivity index (χ1) is 14.5. The van der Waals surface area contributed by atoms with Crippen LogP contribution < -0.4 is 18.9 Å². The van der Waals surface area contributed by atoms with E-state index in [-0.39, 0.29) is 11.5 Å². The molecule has 3 aromatic rings. The van der Waals surface area contributed by atoms with Crippen LogP contribution in [0.15, 0.2) is 53.6 Å². The topological polar surface area (TPSA) is 71.1 Å². The van der Waals surface area contributed by atoms with Gasteiger partial charge in [-0.3, -0.25) is 4.79 Å². The van der Waals surface area contributed by atoms with Gasteiger partial charge < -0.3 is 18.9 Å². The summed E-state index contributed by atoms with van der Waals surface area (Å²) in [7, 11) is 3.11. The van der Waals surface area contributed by atoms with E-state index >= 15 is 0 Å². The summed E-state index contributed by atoms with van der Waals surface area (Å²) >= 11 is 1.30. The Labute approximate surface area is 177 Å². The van der Waals surface area contributed by atoms with Crippen molar-refractivity contribution in [3.05, 3.63) is 75.2 Å². The number of ether oxygens (including phenoxy) is 4. The zero-order valence-electron chi connectivity index (χ0n) is 16.6. The van der Waals surface area contributed by atoms with Crippen LogP contribution in [0.25, 0.3) is 6.08 Å². The van der Waals surface area contributed by atoms with Crippen LogP contribution in [0.3, 0.4) is 0 Å². The fourth-order valence-corrected chi connectivity index (χ4v) is 3.78. The molecule has 4 rings (SSSR count). The minimum atomic E-state index is -0.453. The van der Waals surface area contributed by atoms with Crippen LogP contribution in [0.4, 0.5) is 0 Å². The number of fused-ring (bicyclic) bond motifs is 1. The summed E-state index contributed by atoms with van der Waals surface area (Å²) in [6.45, 7) is 1.78. The molecule has 0 aliphatic carbocycles. The van der Waals surface area contributed by atoms with Crippen LogP contribution in [-0.4, -0.2) is 26.0 Å². The highest BCUT2D eigenvalue weighted by Crippen LogP contribution is 2.38. The van der Waals surface area contributed by atoms with Gasteiger partial charge >= 0.3 is 5.97 Å². The van der Waals surface area contributed by atoms with Gasteiger partial charge in [0.1, 0.15) is 27.9 Å². The molecule has 0 atom stereocenters. The number of carbonyl (C=O) groups excluding carboxylic acids is 2. The number of hydrogen-bond acceptors (Lipinski definition) is 7. The van der Waals surface area contributed by atoms with E-state index in [2.05, 4.69) is 0 Å². The lowest BCUT2D eigenvalue weighted by Crippen LogP contribution is -2.06. The summed E-state index contributed by atoms with van der Waals surface area (Å²) in [6, 6.07) is 12.0. The van der Waals surface area contributed by atoms with Gasteiger partial charge in [-0.25, -0.2) is 4.79 Å². The predicted octanol–water partition coefficient (Wildman–Crippen LogP) is 4.91. The maximum atomic E-state index is 12.9. The van der Waals surface area contributed by atoms with Crippen molar-refractivity contribution in [1.29, 1.82) is 0 Å². The monoisotopic (exact) mass is 422 g/mol. The number of Topliss-reactive ketones (excluding diaryl/α,β-unsaturated/α-hetero) is 1. The van der Waals surface area contributed by atoms with E-state index in [4.69, 9.17) is 18.9 Å². The van der Waals surface area contributed by atoms with E-state index in [1.807, 2.05) is 0 Å². The zero-order chi connectivity index (χ0) is 21.3. The molecule has 0 unspecified atom stereocenters. The molecule has 7 heteroatoms. The van der Waals surface area contributed by atoms with E-state index in [0.29, 0.717) is 44.6 Å². The minimum absolute atomic E-state index is 0.154. The van der Waals surface area contributed by atoms with Gasteiger partial charge in [0.2, 0.25) is 5.78 Å². The van der Waals surface area contributed by atoms with Crippen LogP contribution in [0.1, 0.15) is 31.2 Å². The molecule has 0 saturated carbocycles. The van der Waals surface area contributed by atoms with Crippen molar-refractivity contribution in [2.45, 2.75) is 6.92 Å². The van der Waals surface area contributed by atoms with Crippen molar-refractivity contribution < 1.29 is 28.5 Å². The number of hydrogen-bond donors (Lipinski definition) is 0. The van der Waals surface area contributed by atoms with Crippen molar-refractivity contribution in [3.8, 4) is 23.0 Å². The summed E-state index contributed by atoms with van der Waals surface area (Å²) in [5.41, 5.74) is 1.75. The lowest BCUT2D eigenvalue weighted by molar-refractivity contribution is 0.0739. The Morgan fingerprint density at radius 2 is 1.90 bits per heavy atom. The number of ketones is 1. The van der Waals surface area contributed by atoms with Gasteiger partial charge in [-0.05, 0) is 54.3 Å². The fourth-order valence-electron chi connectivity index (χ4n) is 3.18. The first-order valence-corrected chi connectivity index (χ1v) is 9.94. The predicted molar refractivity (Wildman–Crippen MR) is 113 cm³/mol. The molecule has 0 fully saturated rings. The first kappa shape index (κ1) is 19.7. The second-order valence-corrected chi connectivity index (χ2v) is 7.48. The van der Waals surface area contributed by atoms with Crippen LogP contribution in [-0.2, 0) is 0 Å². The van der Waals surface area contributed by atoms with Crippen molar-refractivity contribution in [3.63, 3.8) is 0 Å². The third-order valence-electron chi connectivity index (χ3n) is 4.60. The Balaban J connectivity index is 1.65. The molecule has 0 saturated heterocycles. The molecule has 6 nitrogen and oxygen atoms in total. The van der Waals surface area contributed by atoms with Crippen molar-refractivity contribution >= 4 is 29.2 Å². The summed E-state index contributed by atoms with van der Waals surface area (Å²) < 4.78 is 21.9. The molecule has 0 amide bonds. The molecule has 0 spiro atoms. The van der Waals surface area contributed by atoms with Crippen molar-refractivity contribution in [1.82, 2.24) is 0 Å². The molecule has 1 aliphatic rings. The average molecular weight is 422 g/mol. The number of benzene rings is 2. The number of thiophene rings is 1. The maximum absolute atomic E-state index is 12.9. The standard InChI is InChI=1S/C23H18O6S/c1-13-9-16(28-23(25)20-5-4-8-30-20)12-18-21(13)22(24)19(29-18)11-14-10-15(26-2)6-7-17(14)27-3/h4-12H,1-3H3/b19-11-. The van der Waals surface area contributed by atoms with Gasteiger partial charge in [-0.15, -0.1) is 11.3 Å². The van der Waals surface area contributed by atoms with E-state index < -0.39 is 5.97 Å². The highest BCUT2D eigenvalue weighted by molar-refractivity contribution is 7.12. The minimum Gasteiger partial charge on any atom is -0.497 e. The Hall–Kier alpha value is -3.58. The molecular weight excluding hydrogens is 404 g/mol. The highest BCUT2D eigenvalue weighted by Gasteiger charge is 2.30. The zero-order valence-corrected chi connectivity index (χ0v) is 17.4. The normalized spacial score (nSPS) is 13.7. The molecule has 2 aromatic carbocycles. The molecule has 1 aliphatic heterocycles. The second kappa shape index (κ2) is 8.04. The van der Waals surface area contributed by atoms with E-state index in [9.17, 15) is 9.59 Å². The largest absolute Gasteiger partial charge is 0.497 e. The van der Waals surface area contributed by atoms with Crippen LogP contribution >= 0.6 is 11.3 Å². The number of esters is 1. The second-order valence-electron chi connectivity index (χ2n) is 6.53. The molecule has 30 heavy (non-hydrogen) atoms. The van der Waals surface area contributed by atoms with E-state index in [1.54, 1.807) is 75.1 Å². The van der Waals surface area contributed by atoms with Gasteiger partial charge in [0.25, 0.3) is 0 Å². The number of aryl methyl sites for hydroxylation is 1. The molecular formula is C23H18O6S. The van der Waals surface area contributed by atoms with Crippen LogP contribution in [0.5, 0.6) is 23.0 Å². The fraction of sp³-hybridized carbons (Fsp3) is 0.130. The third-order valence-corrected chi connectivity index (χ3v) is 5.45. The average Bonchev–Trinajstić information content (AvgIpc) is 3.37. The van der Waals surface area contributed by atoms with Crippen LogP contribution in [0.2, 0.25) is 0 Å². The summed E-state index contributed by atoms with van der Waals surface area (Å²) in [5, 5.41) is 1.80. The van der Waals surface area contributed by atoms with Gasteiger partial charge in [-0.1, -0.05) is 6.07 Å². The molecule has 0 bridgehead atoms. The number of allylic oxidation sites excluding steroid dienone is 1. The van der Waals surface area contributed by atoms with Crippen LogP contribution in [0, 0.1) is 6.92 Å². The van der Waals surface area contributed by atoms with Crippen molar-refractivity contribution in [2.24, 2.45) is 0 Å². The Morgan fingerprint density at radius 3 is 2.60 bits per heavy atom. The Morgan fingerprint density at radius 1 is 1.07 bits per heavy atom. The van der Waals surface area contributed by atoms with Gasteiger partial charge in [0.05, 0.1) is 19.8 Å². The smallest absolute Gasteiger partial charge is 0.353 e. The van der Waals surface area contributed by atoms with E-state index in [1.165, 1.54) is 11.3 Å². The summed E-state index contributed by atoms with van der Waals surface area (Å²) in [5.74, 6) is 1.33. The van der Waals surface area contributed by atoms with Gasteiger partial charge in [0, 0.05) is 11.6 Å². The first-order valence-electron chi connectivity index (χ1n) is 9.06. The lowest BCUT2D eigenvalue weighted by Gasteiger charge is -2.08. The molecule has 152 valence electrons. The van der Waals surface area contributed by atoms with Crippen molar-refractivity contribution in [2.75, 3.05) is 14.2 Å². The quantitative estimate of drug-likeness (QED) is 0.331. The number of carbonyl (C=O) groups is 2. The summed E-state index contributed by atoms with van der Waals surface area (Å²) in [4.78, 5) is 25.7. The Kier molecular flexibility index (Phi) is 5.29. The molecule has 0 radical (unpaired) electrons. The third kappa shape index (κ3) is 3.67. The van der Waals surface area contributed by atoms with Gasteiger partial charge in [-0.2, -0.15) is 0 Å². The maximum Gasteiger partial charge on any atom is 0.353 e. The van der Waals surface area contributed by atoms with Gasteiger partial charge in [0.15, 0.2) is 5.76 Å². The number of methoxy groups -OCH3 is 2. The molecule has 0 N–H and O–H groups in total. The SMILES string of the molecule is COc1ccc(OC)c(/C=C2\Oc3cc(OC(=O)c4cccs4)cc(C)c3C2=O)c1. The summed E-state index contributed by atoms with van der Waals surface area (Å²) in [6.07, 6.45) is 1.61. The molecule has 1 aromatic heterocycles.